The molecule has 8 heteroatoms. The Balaban J connectivity index is 1.57. The molecule has 0 saturated carbocycles. The lowest BCUT2D eigenvalue weighted by molar-refractivity contribution is -0.120. The summed E-state index contributed by atoms with van der Waals surface area (Å²) in [5, 5.41) is 8.59. The van der Waals surface area contributed by atoms with Gasteiger partial charge in [-0.2, -0.15) is 0 Å². The Morgan fingerprint density at radius 1 is 1.30 bits per heavy atom. The molecule has 23 heavy (non-hydrogen) atoms. The number of rotatable bonds is 4. The van der Waals surface area contributed by atoms with Crippen molar-refractivity contribution in [3.8, 4) is 0 Å². The van der Waals surface area contributed by atoms with Gasteiger partial charge in [-0.3, -0.25) is 9.69 Å². The highest BCUT2D eigenvalue weighted by Crippen LogP contribution is 2.22. The smallest absolute Gasteiger partial charge is 0.243 e. The minimum absolute atomic E-state index is 0.0125. The van der Waals surface area contributed by atoms with Crippen LogP contribution in [0.1, 0.15) is 19.0 Å². The van der Waals surface area contributed by atoms with Gasteiger partial charge in [0, 0.05) is 43.1 Å². The normalized spacial score (nSPS) is 17.7. The van der Waals surface area contributed by atoms with Crippen LogP contribution in [0.2, 0.25) is 0 Å². The van der Waals surface area contributed by atoms with Gasteiger partial charge >= 0.3 is 0 Å². The monoisotopic (exact) mass is 351 g/mol. The molecule has 0 spiro atoms. The molecular formula is C15H21N5OS2. The number of hydrogen-bond acceptors (Lipinski definition) is 7. The predicted octanol–water partition coefficient (Wildman–Crippen LogP) is 2.45. The highest BCUT2D eigenvalue weighted by atomic mass is 32.1. The van der Waals surface area contributed by atoms with E-state index >= 15 is 0 Å². The van der Waals surface area contributed by atoms with Gasteiger partial charge < -0.3 is 10.2 Å². The first-order chi connectivity index (χ1) is 11.1. The third-order valence-corrected chi connectivity index (χ3v) is 5.71. The van der Waals surface area contributed by atoms with Gasteiger partial charge in [-0.15, -0.1) is 22.7 Å². The molecule has 2 aromatic rings. The summed E-state index contributed by atoms with van der Waals surface area (Å²) in [6, 6.07) is -0.156. The van der Waals surface area contributed by atoms with Crippen LogP contribution in [-0.4, -0.2) is 53.0 Å². The molecule has 1 N–H and O–H groups in total. The summed E-state index contributed by atoms with van der Waals surface area (Å²) >= 11 is 3.14. The number of amides is 1. The van der Waals surface area contributed by atoms with Gasteiger partial charge in [0.15, 0.2) is 10.3 Å². The average molecular weight is 352 g/mol. The van der Waals surface area contributed by atoms with Crippen LogP contribution in [0.25, 0.3) is 0 Å². The highest BCUT2D eigenvalue weighted by molar-refractivity contribution is 7.14. The van der Waals surface area contributed by atoms with Crippen LogP contribution in [-0.2, 0) is 4.79 Å². The SMILES string of the molecule is Cc1csc(N2CCCN(C(C)C(=O)Nc3nccs3)CC2)n1. The van der Waals surface area contributed by atoms with Gasteiger partial charge in [0.2, 0.25) is 5.91 Å². The van der Waals surface area contributed by atoms with Crippen molar-refractivity contribution in [3.63, 3.8) is 0 Å². The molecule has 1 saturated heterocycles. The molecule has 1 unspecified atom stereocenters. The maximum atomic E-state index is 12.4. The zero-order valence-corrected chi connectivity index (χ0v) is 15.0. The van der Waals surface area contributed by atoms with E-state index in [4.69, 9.17) is 0 Å². The summed E-state index contributed by atoms with van der Waals surface area (Å²) < 4.78 is 0. The summed E-state index contributed by atoms with van der Waals surface area (Å²) in [5.74, 6) is 0.0125. The summed E-state index contributed by atoms with van der Waals surface area (Å²) in [7, 11) is 0. The maximum absolute atomic E-state index is 12.4. The average Bonchev–Trinajstić information content (AvgIpc) is 3.13. The summed E-state index contributed by atoms with van der Waals surface area (Å²) in [5.41, 5.74) is 1.07. The van der Waals surface area contributed by atoms with Crippen LogP contribution in [0.3, 0.4) is 0 Å². The second kappa shape index (κ2) is 7.37. The number of aromatic nitrogens is 2. The van der Waals surface area contributed by atoms with Crippen LogP contribution in [0.5, 0.6) is 0 Å². The minimum Gasteiger partial charge on any atom is -0.347 e. The standard InChI is InChI=1S/C15H21N5OS2/c1-11-10-23-15(17-11)20-6-3-5-19(7-8-20)12(2)13(21)18-14-16-4-9-22-14/h4,9-10,12H,3,5-8H2,1-2H3,(H,16,18,21). The molecule has 1 aliphatic heterocycles. The van der Waals surface area contributed by atoms with Gasteiger partial charge in [0.05, 0.1) is 11.7 Å². The van der Waals surface area contributed by atoms with Crippen molar-refractivity contribution in [3.05, 3.63) is 22.7 Å². The quantitative estimate of drug-likeness (QED) is 0.917. The minimum atomic E-state index is -0.156. The first-order valence-electron chi connectivity index (χ1n) is 7.75. The topological polar surface area (TPSA) is 61.4 Å². The number of carbonyl (C=O) groups excluding carboxylic acids is 1. The number of hydrogen-bond donors (Lipinski definition) is 1. The van der Waals surface area contributed by atoms with E-state index in [9.17, 15) is 4.79 Å². The van der Waals surface area contributed by atoms with Crippen molar-refractivity contribution in [1.29, 1.82) is 0 Å². The van der Waals surface area contributed by atoms with Crippen molar-refractivity contribution >= 4 is 38.8 Å². The first kappa shape index (κ1) is 16.4. The molecule has 3 heterocycles. The number of thiazole rings is 2. The zero-order chi connectivity index (χ0) is 16.2. The van der Waals surface area contributed by atoms with E-state index in [1.807, 2.05) is 19.2 Å². The van der Waals surface area contributed by atoms with Gasteiger partial charge in [0.1, 0.15) is 0 Å². The Kier molecular flexibility index (Phi) is 5.24. The van der Waals surface area contributed by atoms with Crippen molar-refractivity contribution in [1.82, 2.24) is 14.9 Å². The van der Waals surface area contributed by atoms with E-state index < -0.39 is 0 Å². The third kappa shape index (κ3) is 4.07. The molecule has 1 fully saturated rings. The van der Waals surface area contributed by atoms with E-state index in [0.29, 0.717) is 5.13 Å². The van der Waals surface area contributed by atoms with E-state index in [2.05, 4.69) is 30.5 Å². The molecule has 124 valence electrons. The van der Waals surface area contributed by atoms with E-state index in [-0.39, 0.29) is 11.9 Å². The molecule has 2 aromatic heterocycles. The zero-order valence-electron chi connectivity index (χ0n) is 13.4. The molecule has 0 radical (unpaired) electrons. The summed E-state index contributed by atoms with van der Waals surface area (Å²) in [6.07, 6.45) is 2.73. The highest BCUT2D eigenvalue weighted by Gasteiger charge is 2.25. The number of carbonyl (C=O) groups is 1. The Labute approximate surface area is 144 Å². The number of nitrogens with one attached hydrogen (secondary N) is 1. The molecule has 1 aliphatic rings. The molecule has 3 rings (SSSR count). The maximum Gasteiger partial charge on any atom is 0.243 e. The van der Waals surface area contributed by atoms with Gasteiger partial charge in [-0.05, 0) is 20.3 Å². The number of anilines is 2. The Morgan fingerprint density at radius 3 is 2.87 bits per heavy atom. The van der Waals surface area contributed by atoms with Crippen molar-refractivity contribution in [2.24, 2.45) is 0 Å². The van der Waals surface area contributed by atoms with Crippen LogP contribution < -0.4 is 10.2 Å². The Bertz CT molecular complexity index is 642. The van der Waals surface area contributed by atoms with Crippen molar-refractivity contribution < 1.29 is 4.79 Å². The number of aryl methyl sites for hydroxylation is 1. The van der Waals surface area contributed by atoms with Gasteiger partial charge in [-0.1, -0.05) is 0 Å². The first-order valence-corrected chi connectivity index (χ1v) is 9.51. The Morgan fingerprint density at radius 2 is 2.17 bits per heavy atom. The summed E-state index contributed by atoms with van der Waals surface area (Å²) in [6.45, 7) is 7.67. The van der Waals surface area contributed by atoms with Crippen molar-refractivity contribution in [2.45, 2.75) is 26.3 Å². The van der Waals surface area contributed by atoms with Gasteiger partial charge in [-0.25, -0.2) is 9.97 Å². The second-order valence-electron chi connectivity index (χ2n) is 5.65. The molecule has 0 aliphatic carbocycles. The molecule has 0 aromatic carbocycles. The lowest BCUT2D eigenvalue weighted by Gasteiger charge is -2.26. The lowest BCUT2D eigenvalue weighted by Crippen LogP contribution is -2.43. The molecule has 1 atom stereocenters. The van der Waals surface area contributed by atoms with Gasteiger partial charge in [0.25, 0.3) is 0 Å². The lowest BCUT2D eigenvalue weighted by atomic mass is 10.2. The fourth-order valence-corrected chi connectivity index (χ4v) is 4.05. The van der Waals surface area contributed by atoms with Crippen LogP contribution in [0.4, 0.5) is 10.3 Å². The van der Waals surface area contributed by atoms with Crippen molar-refractivity contribution in [2.75, 3.05) is 36.4 Å². The van der Waals surface area contributed by atoms with Crippen LogP contribution >= 0.6 is 22.7 Å². The molecular weight excluding hydrogens is 330 g/mol. The fourth-order valence-electron chi connectivity index (χ4n) is 2.66. The van der Waals surface area contributed by atoms with Crippen LogP contribution in [0, 0.1) is 6.92 Å². The molecule has 6 nitrogen and oxygen atoms in total. The fraction of sp³-hybridized carbons (Fsp3) is 0.533. The Hall–Kier alpha value is -1.51. The van der Waals surface area contributed by atoms with E-state index in [1.54, 1.807) is 17.5 Å². The summed E-state index contributed by atoms with van der Waals surface area (Å²) in [4.78, 5) is 25.6. The number of nitrogens with zero attached hydrogens (tertiary/aromatic N) is 4. The van der Waals surface area contributed by atoms with E-state index in [1.165, 1.54) is 11.3 Å². The van der Waals surface area contributed by atoms with Crippen LogP contribution in [0.15, 0.2) is 17.0 Å². The molecule has 0 bridgehead atoms. The molecule has 1 amide bonds. The predicted molar refractivity (Wildman–Crippen MR) is 95.5 cm³/mol. The van der Waals surface area contributed by atoms with E-state index in [0.717, 1.165) is 43.4 Å². The second-order valence-corrected chi connectivity index (χ2v) is 7.38. The third-order valence-electron chi connectivity index (χ3n) is 4.00. The largest absolute Gasteiger partial charge is 0.347 e.